The Balaban J connectivity index is 0.00000400. The highest BCUT2D eigenvalue weighted by atomic mass is 79.9. The van der Waals surface area contributed by atoms with Crippen LogP contribution in [-0.4, -0.2) is 25.1 Å². The van der Waals surface area contributed by atoms with Crippen LogP contribution >= 0.6 is 28.3 Å². The smallest absolute Gasteiger partial charge is 0.219 e. The molecule has 1 unspecified atom stereocenters. The summed E-state index contributed by atoms with van der Waals surface area (Å²) in [5, 5.41) is 2.86. The van der Waals surface area contributed by atoms with Crippen molar-refractivity contribution >= 4 is 34.2 Å². The van der Waals surface area contributed by atoms with Gasteiger partial charge in [-0.1, -0.05) is 15.9 Å². The van der Waals surface area contributed by atoms with E-state index in [-0.39, 0.29) is 24.4 Å². The Hall–Kier alpha value is -0.780. The molecular formula is C15H24BrClN2O2. The lowest BCUT2D eigenvalue weighted by molar-refractivity contribution is -0.121. The molecule has 0 spiro atoms. The van der Waals surface area contributed by atoms with E-state index >= 15 is 0 Å². The highest BCUT2D eigenvalue weighted by Crippen LogP contribution is 2.16. The van der Waals surface area contributed by atoms with Crippen LogP contribution in [0.1, 0.15) is 32.6 Å². The zero-order chi connectivity index (χ0) is 14.8. The highest BCUT2D eigenvalue weighted by Gasteiger charge is 2.02. The number of nitrogens with one attached hydrogen (secondary N) is 1. The highest BCUT2D eigenvalue weighted by molar-refractivity contribution is 9.10. The monoisotopic (exact) mass is 378 g/mol. The Morgan fingerprint density at radius 3 is 2.62 bits per heavy atom. The fraction of sp³-hybridized carbons (Fsp3) is 0.533. The number of unbranched alkanes of at least 4 members (excludes halogenated alkanes) is 1. The molecule has 1 rings (SSSR count). The van der Waals surface area contributed by atoms with E-state index in [9.17, 15) is 4.79 Å². The molecule has 120 valence electrons. The molecule has 4 nitrogen and oxygen atoms in total. The summed E-state index contributed by atoms with van der Waals surface area (Å²) in [6.45, 7) is 3.23. The number of rotatable bonds is 9. The van der Waals surface area contributed by atoms with E-state index in [0.29, 0.717) is 19.6 Å². The van der Waals surface area contributed by atoms with Gasteiger partial charge in [-0.15, -0.1) is 12.4 Å². The molecule has 1 aromatic carbocycles. The predicted octanol–water partition coefficient (Wildman–Crippen LogP) is 3.27. The van der Waals surface area contributed by atoms with Crippen LogP contribution in [0.4, 0.5) is 0 Å². The molecule has 0 saturated carbocycles. The summed E-state index contributed by atoms with van der Waals surface area (Å²) in [4.78, 5) is 11.5. The van der Waals surface area contributed by atoms with Crippen molar-refractivity contribution in [2.75, 3.05) is 13.2 Å². The lowest BCUT2D eigenvalue weighted by Gasteiger charge is -2.08. The van der Waals surface area contributed by atoms with Crippen molar-refractivity contribution in [1.82, 2.24) is 5.32 Å². The van der Waals surface area contributed by atoms with Gasteiger partial charge >= 0.3 is 0 Å². The molecule has 0 aliphatic carbocycles. The molecule has 1 atom stereocenters. The molecule has 0 aliphatic heterocycles. The van der Waals surface area contributed by atoms with Crippen LogP contribution in [0.25, 0.3) is 0 Å². The van der Waals surface area contributed by atoms with Gasteiger partial charge in [-0.2, -0.15) is 0 Å². The summed E-state index contributed by atoms with van der Waals surface area (Å²) >= 11 is 3.38. The summed E-state index contributed by atoms with van der Waals surface area (Å²) in [5.41, 5.74) is 5.61. The lowest BCUT2D eigenvalue weighted by Crippen LogP contribution is -2.28. The molecule has 6 heteroatoms. The van der Waals surface area contributed by atoms with Gasteiger partial charge in [0.1, 0.15) is 5.75 Å². The number of benzene rings is 1. The molecule has 0 heterocycles. The number of nitrogens with two attached hydrogens (primary N) is 1. The molecular weight excluding hydrogens is 356 g/mol. The average Bonchev–Trinajstić information content (AvgIpc) is 2.40. The number of hydrogen-bond donors (Lipinski definition) is 2. The van der Waals surface area contributed by atoms with E-state index in [4.69, 9.17) is 10.5 Å². The van der Waals surface area contributed by atoms with E-state index in [2.05, 4.69) is 21.2 Å². The topological polar surface area (TPSA) is 64.3 Å². The minimum absolute atomic E-state index is 0. The second kappa shape index (κ2) is 11.8. The summed E-state index contributed by atoms with van der Waals surface area (Å²) in [6.07, 6.45) is 3.07. The first kappa shape index (κ1) is 20.2. The SMILES string of the molecule is CC(N)CCNC(=O)CCCCOc1ccc(Br)cc1.Cl. The maximum atomic E-state index is 11.5. The number of amides is 1. The van der Waals surface area contributed by atoms with Crippen LogP contribution in [0.5, 0.6) is 5.75 Å². The maximum Gasteiger partial charge on any atom is 0.219 e. The second-order valence-corrected chi connectivity index (χ2v) is 5.79. The van der Waals surface area contributed by atoms with Crippen molar-refractivity contribution in [2.45, 2.75) is 38.6 Å². The van der Waals surface area contributed by atoms with Crippen molar-refractivity contribution in [3.8, 4) is 5.75 Å². The van der Waals surface area contributed by atoms with E-state index in [1.807, 2.05) is 31.2 Å². The van der Waals surface area contributed by atoms with Crippen LogP contribution in [0.3, 0.4) is 0 Å². The van der Waals surface area contributed by atoms with Crippen molar-refractivity contribution in [3.63, 3.8) is 0 Å². The van der Waals surface area contributed by atoms with Gasteiger partial charge in [0.25, 0.3) is 0 Å². The van der Waals surface area contributed by atoms with Gasteiger partial charge in [0.15, 0.2) is 0 Å². The van der Waals surface area contributed by atoms with Gasteiger partial charge in [-0.05, 0) is 50.5 Å². The molecule has 0 radical (unpaired) electrons. The van der Waals surface area contributed by atoms with E-state index in [1.165, 1.54) is 0 Å². The minimum atomic E-state index is 0. The number of hydrogen-bond acceptors (Lipinski definition) is 3. The molecule has 0 aromatic heterocycles. The van der Waals surface area contributed by atoms with Crippen molar-refractivity contribution in [3.05, 3.63) is 28.7 Å². The average molecular weight is 380 g/mol. The molecule has 0 saturated heterocycles. The minimum Gasteiger partial charge on any atom is -0.494 e. The molecule has 21 heavy (non-hydrogen) atoms. The first-order valence-corrected chi connectivity index (χ1v) is 7.78. The number of carbonyl (C=O) groups excluding carboxylic acids is 1. The third kappa shape index (κ3) is 10.6. The molecule has 0 fully saturated rings. The van der Waals surface area contributed by atoms with Gasteiger partial charge in [0.2, 0.25) is 5.91 Å². The van der Waals surface area contributed by atoms with Crippen LogP contribution in [0, 0.1) is 0 Å². The summed E-state index contributed by atoms with van der Waals surface area (Å²) < 4.78 is 6.62. The Morgan fingerprint density at radius 1 is 1.33 bits per heavy atom. The van der Waals surface area contributed by atoms with Gasteiger partial charge in [0.05, 0.1) is 6.61 Å². The molecule has 0 aliphatic rings. The molecule has 3 N–H and O–H groups in total. The normalized spacial score (nSPS) is 11.4. The fourth-order valence-corrected chi connectivity index (χ4v) is 1.90. The van der Waals surface area contributed by atoms with Crippen molar-refractivity contribution in [1.29, 1.82) is 0 Å². The zero-order valence-electron chi connectivity index (χ0n) is 12.3. The second-order valence-electron chi connectivity index (χ2n) is 4.88. The maximum absolute atomic E-state index is 11.5. The summed E-state index contributed by atoms with van der Waals surface area (Å²) in [5.74, 6) is 0.948. The van der Waals surface area contributed by atoms with Gasteiger partial charge < -0.3 is 15.8 Å². The van der Waals surface area contributed by atoms with Crippen molar-refractivity contribution in [2.24, 2.45) is 5.73 Å². The first-order valence-electron chi connectivity index (χ1n) is 6.98. The van der Waals surface area contributed by atoms with Crippen LogP contribution in [0.2, 0.25) is 0 Å². The Kier molecular flexibility index (Phi) is 11.4. The Labute approximate surface area is 141 Å². The van der Waals surface area contributed by atoms with Gasteiger partial charge in [-0.25, -0.2) is 0 Å². The van der Waals surface area contributed by atoms with Crippen LogP contribution in [-0.2, 0) is 4.79 Å². The van der Waals surface area contributed by atoms with Gasteiger partial charge in [-0.3, -0.25) is 4.79 Å². The standard InChI is InChI=1S/C15H23BrN2O2.ClH/c1-12(17)9-10-18-15(19)4-2-3-11-20-14-7-5-13(16)6-8-14;/h5-8,12H,2-4,9-11,17H2,1H3,(H,18,19);1H. The summed E-state index contributed by atoms with van der Waals surface area (Å²) in [7, 11) is 0. The third-order valence-corrected chi connectivity index (χ3v) is 3.33. The quantitative estimate of drug-likeness (QED) is 0.647. The van der Waals surface area contributed by atoms with E-state index < -0.39 is 0 Å². The van der Waals surface area contributed by atoms with E-state index in [1.54, 1.807) is 0 Å². The van der Waals surface area contributed by atoms with E-state index in [0.717, 1.165) is 29.5 Å². The van der Waals surface area contributed by atoms with Crippen LogP contribution < -0.4 is 15.8 Å². The van der Waals surface area contributed by atoms with Crippen LogP contribution in [0.15, 0.2) is 28.7 Å². The molecule has 1 amide bonds. The first-order chi connectivity index (χ1) is 9.58. The predicted molar refractivity (Wildman–Crippen MR) is 92.0 cm³/mol. The van der Waals surface area contributed by atoms with Crippen molar-refractivity contribution < 1.29 is 9.53 Å². The molecule has 1 aromatic rings. The number of halogens is 2. The summed E-state index contributed by atoms with van der Waals surface area (Å²) in [6, 6.07) is 7.87. The fourth-order valence-electron chi connectivity index (χ4n) is 1.64. The Morgan fingerprint density at radius 2 is 2.00 bits per heavy atom. The zero-order valence-corrected chi connectivity index (χ0v) is 14.7. The Bertz CT molecular complexity index is 399. The number of ether oxygens (including phenoxy) is 1. The number of carbonyl (C=O) groups is 1. The third-order valence-electron chi connectivity index (χ3n) is 2.80. The van der Waals surface area contributed by atoms with Gasteiger partial charge in [0, 0.05) is 23.5 Å². The lowest BCUT2D eigenvalue weighted by atomic mass is 10.2. The molecule has 0 bridgehead atoms. The largest absolute Gasteiger partial charge is 0.494 e.